The molecule has 0 radical (unpaired) electrons. The van der Waals surface area contributed by atoms with E-state index in [0.717, 1.165) is 31.5 Å². The Morgan fingerprint density at radius 1 is 1.08 bits per heavy atom. The number of carbonyl (C=O) groups is 2. The van der Waals surface area contributed by atoms with Crippen LogP contribution >= 0.6 is 0 Å². The van der Waals surface area contributed by atoms with E-state index in [1.54, 1.807) is 19.0 Å². The number of nitrogens with one attached hydrogen (secondary N) is 1. The Balaban J connectivity index is 1.74. The third kappa shape index (κ3) is 4.07. The minimum Gasteiger partial charge on any atom is -0.347 e. The number of hydrogen-bond donors (Lipinski definition) is 1. The molecule has 1 N–H and O–H groups in total. The predicted octanol–water partition coefficient (Wildman–Crippen LogP) is 2.74. The number of likely N-dealkylation sites (tertiary alicyclic amines) is 1. The second kappa shape index (κ2) is 8.08. The molecule has 6 heteroatoms. The zero-order valence-corrected chi connectivity index (χ0v) is 15.4. The quantitative estimate of drug-likeness (QED) is 0.921. The molecule has 6 nitrogen and oxygen atoms in total. The van der Waals surface area contributed by atoms with Gasteiger partial charge in [-0.1, -0.05) is 12.1 Å². The average molecular weight is 354 g/mol. The first-order valence-corrected chi connectivity index (χ1v) is 9.05. The minimum atomic E-state index is -0.0987. The average Bonchev–Trinajstić information content (AvgIpc) is 3.08. The fourth-order valence-electron chi connectivity index (χ4n) is 3.37. The highest BCUT2D eigenvalue weighted by atomic mass is 16.2. The summed E-state index contributed by atoms with van der Waals surface area (Å²) in [5.41, 5.74) is 1.49. The Kier molecular flexibility index (Phi) is 5.61. The number of carbonyl (C=O) groups excluding carboxylic acids is 2. The molecule has 0 unspecified atom stereocenters. The van der Waals surface area contributed by atoms with E-state index in [1.165, 1.54) is 0 Å². The zero-order valence-electron chi connectivity index (χ0n) is 15.4. The second-order valence-corrected chi connectivity index (χ2v) is 6.90. The monoisotopic (exact) mass is 354 g/mol. The van der Waals surface area contributed by atoms with Crippen molar-refractivity contribution in [2.45, 2.75) is 25.3 Å². The molecule has 0 spiro atoms. The van der Waals surface area contributed by atoms with Crippen LogP contribution in [0.3, 0.4) is 0 Å². The van der Waals surface area contributed by atoms with E-state index in [-0.39, 0.29) is 18.0 Å². The predicted molar refractivity (Wildman–Crippen MR) is 102 cm³/mol. The van der Waals surface area contributed by atoms with Crippen molar-refractivity contribution in [1.29, 1.82) is 0 Å². The number of amides is 3. The van der Waals surface area contributed by atoms with Crippen LogP contribution in [0.1, 0.15) is 29.6 Å². The molecule has 0 saturated carbocycles. The van der Waals surface area contributed by atoms with Gasteiger partial charge in [-0.25, -0.2) is 4.79 Å². The Morgan fingerprint density at radius 3 is 2.54 bits per heavy atom. The van der Waals surface area contributed by atoms with Gasteiger partial charge in [0.25, 0.3) is 5.91 Å². The van der Waals surface area contributed by atoms with Crippen molar-refractivity contribution in [2.24, 2.45) is 0 Å². The van der Waals surface area contributed by atoms with Crippen molar-refractivity contribution >= 4 is 11.9 Å². The molecule has 3 rings (SSSR count). The van der Waals surface area contributed by atoms with Crippen LogP contribution in [0.15, 0.2) is 48.8 Å². The van der Waals surface area contributed by atoms with Gasteiger partial charge >= 0.3 is 6.03 Å². The van der Waals surface area contributed by atoms with E-state index in [0.29, 0.717) is 12.1 Å². The van der Waals surface area contributed by atoms with Crippen molar-refractivity contribution in [3.8, 4) is 5.69 Å². The first kappa shape index (κ1) is 18.0. The Labute approximate surface area is 154 Å². The van der Waals surface area contributed by atoms with Crippen LogP contribution in [0.25, 0.3) is 5.69 Å². The number of para-hydroxylation sites is 1. The number of nitrogens with zero attached hydrogens (tertiary/aromatic N) is 3. The largest absolute Gasteiger partial charge is 0.347 e. The van der Waals surface area contributed by atoms with Crippen molar-refractivity contribution in [1.82, 2.24) is 19.7 Å². The van der Waals surface area contributed by atoms with Gasteiger partial charge in [0.05, 0.1) is 11.3 Å². The number of benzene rings is 1. The van der Waals surface area contributed by atoms with Crippen LogP contribution in [-0.2, 0) is 0 Å². The Hall–Kier alpha value is -2.76. The van der Waals surface area contributed by atoms with Crippen LogP contribution in [0, 0.1) is 0 Å². The molecule has 26 heavy (non-hydrogen) atoms. The summed E-state index contributed by atoms with van der Waals surface area (Å²) in [5, 5.41) is 3.14. The third-order valence-corrected chi connectivity index (χ3v) is 4.69. The zero-order chi connectivity index (χ0) is 18.5. The molecule has 2 heterocycles. The molecule has 1 fully saturated rings. The summed E-state index contributed by atoms with van der Waals surface area (Å²) in [4.78, 5) is 28.6. The lowest BCUT2D eigenvalue weighted by atomic mass is 10.1. The highest BCUT2D eigenvalue weighted by Crippen LogP contribution is 2.17. The van der Waals surface area contributed by atoms with E-state index in [1.807, 2.05) is 58.3 Å². The van der Waals surface area contributed by atoms with Crippen LogP contribution in [0.5, 0.6) is 0 Å². The van der Waals surface area contributed by atoms with Gasteiger partial charge in [-0.05, 0) is 43.5 Å². The fraction of sp³-hybridized carbons (Fsp3) is 0.400. The van der Waals surface area contributed by atoms with Gasteiger partial charge in [0, 0.05) is 45.6 Å². The maximum Gasteiger partial charge on any atom is 0.319 e. The molecule has 1 aliphatic heterocycles. The molecule has 1 saturated heterocycles. The topological polar surface area (TPSA) is 57.6 Å². The van der Waals surface area contributed by atoms with Gasteiger partial charge in [-0.15, -0.1) is 0 Å². The van der Waals surface area contributed by atoms with Crippen molar-refractivity contribution < 1.29 is 9.59 Å². The molecular weight excluding hydrogens is 328 g/mol. The van der Waals surface area contributed by atoms with E-state index in [4.69, 9.17) is 0 Å². The lowest BCUT2D eigenvalue weighted by Gasteiger charge is -2.28. The molecule has 3 amide bonds. The SMILES string of the molecule is CN(C)C(=O)N1CCCC[C@@H](NC(=O)c2ccccc2-n2cccc2)C1. The number of hydrogen-bond acceptors (Lipinski definition) is 2. The molecule has 2 aromatic rings. The lowest BCUT2D eigenvalue weighted by Crippen LogP contribution is -2.47. The molecule has 0 bridgehead atoms. The van der Waals surface area contributed by atoms with E-state index in [2.05, 4.69) is 5.32 Å². The lowest BCUT2D eigenvalue weighted by molar-refractivity contribution is 0.0925. The van der Waals surface area contributed by atoms with E-state index < -0.39 is 0 Å². The summed E-state index contributed by atoms with van der Waals surface area (Å²) in [5.74, 6) is -0.0987. The smallest absolute Gasteiger partial charge is 0.319 e. The fourth-order valence-corrected chi connectivity index (χ4v) is 3.37. The molecule has 1 aliphatic rings. The third-order valence-electron chi connectivity index (χ3n) is 4.69. The molecule has 138 valence electrons. The normalized spacial score (nSPS) is 17.5. The summed E-state index contributed by atoms with van der Waals surface area (Å²) >= 11 is 0. The van der Waals surface area contributed by atoms with Crippen LogP contribution < -0.4 is 5.32 Å². The number of urea groups is 1. The Morgan fingerprint density at radius 2 is 1.81 bits per heavy atom. The van der Waals surface area contributed by atoms with Crippen LogP contribution in [0.2, 0.25) is 0 Å². The maximum absolute atomic E-state index is 12.9. The number of aromatic nitrogens is 1. The van der Waals surface area contributed by atoms with Crippen molar-refractivity contribution in [2.75, 3.05) is 27.2 Å². The van der Waals surface area contributed by atoms with Crippen molar-refractivity contribution in [3.63, 3.8) is 0 Å². The van der Waals surface area contributed by atoms with Gasteiger partial charge < -0.3 is 19.7 Å². The Bertz CT molecular complexity index is 755. The highest BCUT2D eigenvalue weighted by Gasteiger charge is 2.25. The summed E-state index contributed by atoms with van der Waals surface area (Å²) in [6.45, 7) is 1.29. The molecule has 0 aliphatic carbocycles. The van der Waals surface area contributed by atoms with Gasteiger partial charge in [0.2, 0.25) is 0 Å². The standard InChI is InChI=1S/C20H26N4O2/c1-22(2)20(26)24-14-6-5-9-16(15-24)21-19(25)17-10-3-4-11-18(17)23-12-7-8-13-23/h3-4,7-8,10-13,16H,5-6,9,14-15H2,1-2H3,(H,21,25)/t16-/m1/s1. The van der Waals surface area contributed by atoms with Crippen LogP contribution in [0.4, 0.5) is 4.79 Å². The van der Waals surface area contributed by atoms with E-state index in [9.17, 15) is 9.59 Å². The second-order valence-electron chi connectivity index (χ2n) is 6.90. The van der Waals surface area contributed by atoms with E-state index >= 15 is 0 Å². The first-order valence-electron chi connectivity index (χ1n) is 9.05. The number of rotatable bonds is 3. The summed E-state index contributed by atoms with van der Waals surface area (Å²) in [6, 6.07) is 11.4. The molecule has 1 atom stereocenters. The first-order chi connectivity index (χ1) is 12.6. The van der Waals surface area contributed by atoms with Crippen molar-refractivity contribution in [3.05, 3.63) is 54.4 Å². The minimum absolute atomic E-state index is 0.00103. The van der Waals surface area contributed by atoms with Gasteiger partial charge in [-0.2, -0.15) is 0 Å². The van der Waals surface area contributed by atoms with Gasteiger partial charge in [0.1, 0.15) is 0 Å². The summed E-state index contributed by atoms with van der Waals surface area (Å²) < 4.78 is 1.93. The maximum atomic E-state index is 12.9. The van der Waals surface area contributed by atoms with Gasteiger partial charge in [0.15, 0.2) is 0 Å². The summed E-state index contributed by atoms with van der Waals surface area (Å²) in [6.07, 6.45) is 6.70. The van der Waals surface area contributed by atoms with Gasteiger partial charge in [-0.3, -0.25) is 4.79 Å². The van der Waals surface area contributed by atoms with Crippen LogP contribution in [-0.4, -0.2) is 59.5 Å². The molecular formula is C20H26N4O2. The highest BCUT2D eigenvalue weighted by molar-refractivity contribution is 5.98. The molecule has 1 aromatic carbocycles. The molecule has 1 aromatic heterocycles. The summed E-state index contributed by atoms with van der Waals surface area (Å²) in [7, 11) is 3.52.